The molecule has 0 radical (unpaired) electrons. The standard InChI is InChI=1S/C17H12N4/c1-3-7-14-12(5-1)18-16-11-17-19-13-6-2-4-8-15(13)21(17)10-9-20(14)16/h1-11H,(H,18,19)/p+1. The van der Waals surface area contributed by atoms with Crippen molar-refractivity contribution >= 4 is 34.7 Å². The zero-order valence-corrected chi connectivity index (χ0v) is 11.2. The fourth-order valence-corrected chi connectivity index (χ4v) is 3.03. The largest absolute Gasteiger partial charge is 0.339 e. The van der Waals surface area contributed by atoms with Crippen molar-refractivity contribution < 1.29 is 4.57 Å². The Bertz CT molecular complexity index is 933. The van der Waals surface area contributed by atoms with Crippen LogP contribution in [0.1, 0.15) is 5.82 Å². The van der Waals surface area contributed by atoms with Crippen LogP contribution in [0.15, 0.2) is 60.6 Å². The summed E-state index contributed by atoms with van der Waals surface area (Å²) in [5.74, 6) is 2.12. The number of imidazole rings is 1. The smallest absolute Gasteiger partial charge is 0.288 e. The molecule has 5 rings (SSSR count). The predicted octanol–water partition coefficient (Wildman–Crippen LogP) is 3.13. The van der Waals surface area contributed by atoms with Gasteiger partial charge >= 0.3 is 0 Å². The normalized spacial score (nSPS) is 15.0. The van der Waals surface area contributed by atoms with Gasteiger partial charge in [0, 0.05) is 0 Å². The molecule has 100 valence electrons. The lowest BCUT2D eigenvalue weighted by Crippen LogP contribution is -2.27. The number of aromatic amines is 1. The number of para-hydroxylation sites is 4. The number of aromatic nitrogens is 2. The third-order valence-electron chi connectivity index (χ3n) is 4.01. The summed E-state index contributed by atoms with van der Waals surface area (Å²) in [7, 11) is 0. The lowest BCUT2D eigenvalue weighted by Gasteiger charge is -2.11. The molecule has 0 saturated heterocycles. The zero-order chi connectivity index (χ0) is 13.8. The highest BCUT2D eigenvalue weighted by molar-refractivity contribution is 5.86. The first kappa shape index (κ1) is 10.7. The molecule has 0 atom stereocenters. The summed E-state index contributed by atoms with van der Waals surface area (Å²) in [6, 6.07) is 16.6. The fraction of sp³-hybridized carbons (Fsp3) is 0. The van der Waals surface area contributed by atoms with Gasteiger partial charge in [0.1, 0.15) is 12.0 Å². The zero-order valence-electron chi connectivity index (χ0n) is 11.2. The Hall–Kier alpha value is -3.01. The molecule has 0 unspecified atom stereocenters. The molecule has 0 bridgehead atoms. The lowest BCUT2D eigenvalue weighted by molar-refractivity contribution is -0.540. The summed E-state index contributed by atoms with van der Waals surface area (Å²) in [4.78, 5) is 5.64. The molecule has 0 aliphatic carbocycles. The highest BCUT2D eigenvalue weighted by Crippen LogP contribution is 2.37. The molecule has 21 heavy (non-hydrogen) atoms. The second-order valence-corrected chi connectivity index (χ2v) is 5.24. The van der Waals surface area contributed by atoms with Crippen LogP contribution >= 0.6 is 0 Å². The van der Waals surface area contributed by atoms with Gasteiger partial charge in [-0.15, -0.1) is 0 Å². The Morgan fingerprint density at radius 2 is 1.81 bits per heavy atom. The van der Waals surface area contributed by atoms with E-state index >= 15 is 0 Å². The molecule has 2 aliphatic rings. The average Bonchev–Trinajstić information content (AvgIpc) is 2.98. The number of benzene rings is 2. The van der Waals surface area contributed by atoms with Crippen molar-refractivity contribution in [3.63, 3.8) is 0 Å². The van der Waals surface area contributed by atoms with E-state index in [-0.39, 0.29) is 0 Å². The van der Waals surface area contributed by atoms with E-state index in [9.17, 15) is 0 Å². The first-order chi connectivity index (χ1) is 10.4. The predicted molar refractivity (Wildman–Crippen MR) is 84.3 cm³/mol. The molecule has 0 spiro atoms. The van der Waals surface area contributed by atoms with Crippen molar-refractivity contribution in [2.24, 2.45) is 0 Å². The van der Waals surface area contributed by atoms with Gasteiger partial charge in [-0.1, -0.05) is 24.3 Å². The quantitative estimate of drug-likeness (QED) is 0.617. The summed E-state index contributed by atoms with van der Waals surface area (Å²) in [6.45, 7) is 0. The van der Waals surface area contributed by atoms with Crippen molar-refractivity contribution in [1.29, 1.82) is 0 Å². The Morgan fingerprint density at radius 1 is 0.952 bits per heavy atom. The second-order valence-electron chi connectivity index (χ2n) is 5.24. The summed E-state index contributed by atoms with van der Waals surface area (Å²) >= 11 is 0. The number of nitrogens with zero attached hydrogens (tertiary/aromatic N) is 2. The van der Waals surface area contributed by atoms with E-state index in [1.165, 1.54) is 11.2 Å². The van der Waals surface area contributed by atoms with Gasteiger partial charge in [0.2, 0.25) is 0 Å². The number of hydrogen-bond acceptors (Lipinski definition) is 2. The van der Waals surface area contributed by atoms with Crippen LogP contribution in [-0.2, 0) is 0 Å². The monoisotopic (exact) mass is 273 g/mol. The molecule has 3 heterocycles. The molecule has 4 nitrogen and oxygen atoms in total. The van der Waals surface area contributed by atoms with Gasteiger partial charge in [-0.3, -0.25) is 4.90 Å². The summed E-state index contributed by atoms with van der Waals surface area (Å²) in [5.41, 5.74) is 4.63. The average molecular weight is 273 g/mol. The molecule has 2 aliphatic heterocycles. The van der Waals surface area contributed by atoms with Crippen LogP contribution in [0.25, 0.3) is 23.3 Å². The second kappa shape index (κ2) is 3.76. The van der Waals surface area contributed by atoms with Gasteiger partial charge in [-0.05, 0) is 24.3 Å². The first-order valence-corrected chi connectivity index (χ1v) is 6.98. The fourth-order valence-electron chi connectivity index (χ4n) is 3.03. The Kier molecular flexibility index (Phi) is 1.92. The minimum atomic E-state index is 1.06. The molecule has 1 aromatic heterocycles. The third-order valence-corrected chi connectivity index (χ3v) is 4.01. The first-order valence-electron chi connectivity index (χ1n) is 6.98. The van der Waals surface area contributed by atoms with E-state index in [0.717, 1.165) is 22.8 Å². The Balaban J connectivity index is 1.74. The summed E-state index contributed by atoms with van der Waals surface area (Å²) in [6.07, 6.45) is 6.34. The van der Waals surface area contributed by atoms with Gasteiger partial charge in [0.15, 0.2) is 11.0 Å². The lowest BCUT2D eigenvalue weighted by atomic mass is 10.3. The minimum absolute atomic E-state index is 1.06. The van der Waals surface area contributed by atoms with Crippen molar-refractivity contribution in [3.8, 4) is 0 Å². The number of anilines is 2. The highest BCUT2D eigenvalue weighted by Gasteiger charge is 2.26. The minimum Gasteiger partial charge on any atom is -0.339 e. The van der Waals surface area contributed by atoms with E-state index in [1.54, 1.807) is 0 Å². The van der Waals surface area contributed by atoms with Crippen LogP contribution in [0.5, 0.6) is 0 Å². The van der Waals surface area contributed by atoms with Crippen LogP contribution in [0.2, 0.25) is 0 Å². The van der Waals surface area contributed by atoms with Crippen LogP contribution in [0, 0.1) is 0 Å². The van der Waals surface area contributed by atoms with Gasteiger partial charge in [-0.2, -0.15) is 4.57 Å². The number of fused-ring (bicyclic) bond motifs is 6. The molecule has 0 saturated carbocycles. The van der Waals surface area contributed by atoms with E-state index in [0.29, 0.717) is 0 Å². The molecule has 4 heteroatoms. The topological polar surface area (TPSA) is 34.9 Å². The maximum absolute atomic E-state index is 3.46. The highest BCUT2D eigenvalue weighted by atomic mass is 15.3. The van der Waals surface area contributed by atoms with Crippen molar-refractivity contribution in [2.45, 2.75) is 0 Å². The molecule has 0 amide bonds. The van der Waals surface area contributed by atoms with Crippen LogP contribution < -0.4 is 14.8 Å². The number of rotatable bonds is 0. The SMILES string of the molecule is C1=C[n+]2c([nH]c3ccccc32)C=C2Nc3ccccc3N12. The third kappa shape index (κ3) is 1.41. The summed E-state index contributed by atoms with van der Waals surface area (Å²) in [5, 5.41) is 3.46. The number of nitrogens with one attached hydrogen (secondary N) is 2. The van der Waals surface area contributed by atoms with Crippen LogP contribution in [0.3, 0.4) is 0 Å². The van der Waals surface area contributed by atoms with Gasteiger partial charge in [-0.25, -0.2) is 4.98 Å². The van der Waals surface area contributed by atoms with Crippen LogP contribution in [0.4, 0.5) is 11.4 Å². The number of hydrogen-bond donors (Lipinski definition) is 2. The van der Waals surface area contributed by atoms with Gasteiger partial charge in [0.05, 0.1) is 23.7 Å². The maximum Gasteiger partial charge on any atom is 0.288 e. The van der Waals surface area contributed by atoms with E-state index in [4.69, 9.17) is 0 Å². The Morgan fingerprint density at radius 3 is 2.81 bits per heavy atom. The van der Waals surface area contributed by atoms with Crippen molar-refractivity contribution in [1.82, 2.24) is 4.98 Å². The van der Waals surface area contributed by atoms with Crippen molar-refractivity contribution in [3.05, 3.63) is 66.4 Å². The summed E-state index contributed by atoms with van der Waals surface area (Å²) < 4.78 is 2.17. The Labute approximate surface area is 121 Å². The van der Waals surface area contributed by atoms with E-state index < -0.39 is 0 Å². The molecule has 2 aromatic carbocycles. The van der Waals surface area contributed by atoms with E-state index in [2.05, 4.69) is 74.6 Å². The van der Waals surface area contributed by atoms with E-state index in [1.807, 2.05) is 12.1 Å². The van der Waals surface area contributed by atoms with Crippen molar-refractivity contribution in [2.75, 3.05) is 10.2 Å². The number of H-pyrrole nitrogens is 1. The molecular formula is C17H13N4+. The van der Waals surface area contributed by atoms with Gasteiger partial charge < -0.3 is 5.32 Å². The van der Waals surface area contributed by atoms with Gasteiger partial charge in [0.25, 0.3) is 5.82 Å². The maximum atomic E-state index is 3.46. The molecule has 0 fully saturated rings. The molecule has 3 aromatic rings. The van der Waals surface area contributed by atoms with Crippen LogP contribution in [-0.4, -0.2) is 4.98 Å². The molecular weight excluding hydrogens is 260 g/mol. The molecule has 2 N–H and O–H groups in total.